The number of ether oxygens (including phenoxy) is 2. The monoisotopic (exact) mass is 347 g/mol. The zero-order chi connectivity index (χ0) is 18.4. The molecule has 1 atom stereocenters. The molecule has 2 N–H and O–H groups in total. The van der Waals surface area contributed by atoms with E-state index >= 15 is 0 Å². The highest BCUT2D eigenvalue weighted by atomic mass is 16.5. The van der Waals surface area contributed by atoms with Crippen molar-refractivity contribution >= 4 is 11.9 Å². The van der Waals surface area contributed by atoms with Gasteiger partial charge in [0.15, 0.2) is 5.69 Å². The number of aromatic nitrogens is 2. The third-order valence-corrected chi connectivity index (χ3v) is 3.82. The van der Waals surface area contributed by atoms with E-state index < -0.39 is 12.0 Å². The number of aromatic amines is 1. The molecule has 8 heteroatoms. The normalized spacial score (nSPS) is 11.7. The Bertz CT molecular complexity index is 726. The molecule has 2 rings (SSSR count). The van der Waals surface area contributed by atoms with Crippen molar-refractivity contribution in [2.75, 3.05) is 20.8 Å². The van der Waals surface area contributed by atoms with Gasteiger partial charge in [-0.25, -0.2) is 9.78 Å². The fourth-order valence-corrected chi connectivity index (χ4v) is 2.31. The molecule has 0 aliphatic heterocycles. The maximum atomic E-state index is 12.8. The zero-order valence-electron chi connectivity index (χ0n) is 14.4. The Balaban J connectivity index is 2.28. The number of aliphatic hydroxyl groups is 1. The number of aliphatic hydroxyl groups excluding tert-OH is 1. The number of rotatable bonds is 7. The molecule has 0 bridgehead atoms. The van der Waals surface area contributed by atoms with E-state index in [4.69, 9.17) is 4.74 Å². The zero-order valence-corrected chi connectivity index (χ0v) is 14.4. The predicted octanol–water partition coefficient (Wildman–Crippen LogP) is 1.23. The molecule has 0 fully saturated rings. The van der Waals surface area contributed by atoms with Gasteiger partial charge in [0, 0.05) is 5.56 Å². The Hall–Kier alpha value is -2.87. The van der Waals surface area contributed by atoms with Gasteiger partial charge in [-0.3, -0.25) is 4.79 Å². The van der Waals surface area contributed by atoms with Gasteiger partial charge in [-0.05, 0) is 31.2 Å². The van der Waals surface area contributed by atoms with Crippen LogP contribution >= 0.6 is 0 Å². The van der Waals surface area contributed by atoms with Crippen molar-refractivity contribution in [1.82, 2.24) is 14.9 Å². The predicted molar refractivity (Wildman–Crippen MR) is 89.3 cm³/mol. The topological polar surface area (TPSA) is 105 Å². The molecule has 0 saturated carbocycles. The number of esters is 1. The van der Waals surface area contributed by atoms with Crippen LogP contribution in [-0.2, 0) is 11.3 Å². The molecule has 1 aromatic heterocycles. The molecule has 0 spiro atoms. The van der Waals surface area contributed by atoms with Crippen LogP contribution in [0.25, 0.3) is 0 Å². The van der Waals surface area contributed by atoms with Gasteiger partial charge in [-0.15, -0.1) is 0 Å². The molecular weight excluding hydrogens is 326 g/mol. The van der Waals surface area contributed by atoms with Crippen molar-refractivity contribution in [3.63, 3.8) is 0 Å². The van der Waals surface area contributed by atoms with E-state index in [0.29, 0.717) is 17.0 Å². The molecule has 134 valence electrons. The summed E-state index contributed by atoms with van der Waals surface area (Å²) in [6.07, 6.45) is 1.36. The van der Waals surface area contributed by atoms with Crippen molar-refractivity contribution < 1.29 is 24.2 Å². The first-order chi connectivity index (χ1) is 12.0. The molecule has 8 nitrogen and oxygen atoms in total. The van der Waals surface area contributed by atoms with Crippen LogP contribution in [0.2, 0.25) is 0 Å². The summed E-state index contributed by atoms with van der Waals surface area (Å²) in [6.45, 7) is 1.58. The molecule has 25 heavy (non-hydrogen) atoms. The van der Waals surface area contributed by atoms with Crippen molar-refractivity contribution in [2.45, 2.75) is 19.5 Å². The van der Waals surface area contributed by atoms with Crippen molar-refractivity contribution in [2.24, 2.45) is 0 Å². The third-order valence-electron chi connectivity index (χ3n) is 3.82. The molecule has 1 amide bonds. The minimum Gasteiger partial charge on any atom is -0.497 e. The number of carbonyl (C=O) groups excluding carboxylic acids is 2. The fraction of sp³-hybridized carbons (Fsp3) is 0.353. The standard InChI is InChI=1S/C17H21N3O5/c1-11(9-21)20(8-14-15(17(23)25-3)19-10-18-14)16(22)12-4-6-13(24-2)7-5-12/h4-7,10-11,21H,8-9H2,1-3H3,(H,18,19)/t11-/m0/s1. The summed E-state index contributed by atoms with van der Waals surface area (Å²) in [5.41, 5.74) is 0.995. The maximum Gasteiger partial charge on any atom is 0.358 e. The Labute approximate surface area is 145 Å². The number of methoxy groups -OCH3 is 2. The lowest BCUT2D eigenvalue weighted by molar-refractivity contribution is 0.0561. The van der Waals surface area contributed by atoms with Crippen LogP contribution in [0.5, 0.6) is 5.75 Å². The number of hydrogen-bond acceptors (Lipinski definition) is 6. The Morgan fingerprint density at radius 3 is 2.52 bits per heavy atom. The van der Waals surface area contributed by atoms with Gasteiger partial charge in [0.2, 0.25) is 0 Å². The quantitative estimate of drug-likeness (QED) is 0.730. The number of benzene rings is 1. The number of carbonyl (C=O) groups is 2. The summed E-state index contributed by atoms with van der Waals surface area (Å²) in [5, 5.41) is 9.51. The largest absolute Gasteiger partial charge is 0.497 e. The number of nitrogens with one attached hydrogen (secondary N) is 1. The number of H-pyrrole nitrogens is 1. The second kappa shape index (κ2) is 8.29. The lowest BCUT2D eigenvalue weighted by atomic mass is 10.1. The van der Waals surface area contributed by atoms with Crippen molar-refractivity contribution in [3.05, 3.63) is 47.5 Å². The van der Waals surface area contributed by atoms with E-state index in [1.165, 1.54) is 18.3 Å². The van der Waals surface area contributed by atoms with Crippen LogP contribution in [0.4, 0.5) is 0 Å². The van der Waals surface area contributed by atoms with E-state index in [-0.39, 0.29) is 24.8 Å². The SMILES string of the molecule is COC(=O)c1nc[nH]c1CN(C(=O)c1ccc(OC)cc1)[C@@H](C)CO. The van der Waals surface area contributed by atoms with Gasteiger partial charge >= 0.3 is 5.97 Å². The molecular formula is C17H21N3O5. The Morgan fingerprint density at radius 2 is 1.96 bits per heavy atom. The lowest BCUT2D eigenvalue weighted by Crippen LogP contribution is -2.40. The Morgan fingerprint density at radius 1 is 1.28 bits per heavy atom. The second-order valence-corrected chi connectivity index (χ2v) is 5.41. The van der Waals surface area contributed by atoms with Crippen molar-refractivity contribution in [3.8, 4) is 5.75 Å². The van der Waals surface area contributed by atoms with Gasteiger partial charge in [-0.2, -0.15) is 0 Å². The number of hydrogen-bond donors (Lipinski definition) is 2. The van der Waals surface area contributed by atoms with E-state index in [2.05, 4.69) is 14.7 Å². The summed E-state index contributed by atoms with van der Waals surface area (Å²) < 4.78 is 9.77. The van der Waals surface area contributed by atoms with E-state index in [1.54, 1.807) is 38.3 Å². The fourth-order valence-electron chi connectivity index (χ4n) is 2.31. The lowest BCUT2D eigenvalue weighted by Gasteiger charge is -2.28. The number of imidazole rings is 1. The molecule has 0 unspecified atom stereocenters. The molecule has 0 saturated heterocycles. The highest BCUT2D eigenvalue weighted by Crippen LogP contribution is 2.17. The summed E-state index contributed by atoms with van der Waals surface area (Å²) >= 11 is 0. The van der Waals surface area contributed by atoms with Crippen LogP contribution in [-0.4, -0.2) is 58.7 Å². The highest BCUT2D eigenvalue weighted by molar-refractivity contribution is 5.95. The summed E-state index contributed by atoms with van der Waals surface area (Å²) in [4.78, 5) is 32.8. The molecule has 2 aromatic rings. The van der Waals surface area contributed by atoms with E-state index in [1.807, 2.05) is 0 Å². The van der Waals surface area contributed by atoms with E-state index in [0.717, 1.165) is 0 Å². The van der Waals surface area contributed by atoms with Gasteiger partial charge < -0.3 is 24.5 Å². The molecule has 1 aromatic carbocycles. The average Bonchev–Trinajstić information content (AvgIpc) is 3.12. The van der Waals surface area contributed by atoms with Crippen LogP contribution < -0.4 is 4.74 Å². The summed E-state index contributed by atoms with van der Waals surface area (Å²) in [6, 6.07) is 6.21. The van der Waals surface area contributed by atoms with Gasteiger partial charge in [-0.1, -0.05) is 0 Å². The van der Waals surface area contributed by atoms with Crippen LogP contribution in [0, 0.1) is 0 Å². The molecule has 0 radical (unpaired) electrons. The van der Waals surface area contributed by atoms with Gasteiger partial charge in [0.1, 0.15) is 5.75 Å². The van der Waals surface area contributed by atoms with Crippen LogP contribution in [0.15, 0.2) is 30.6 Å². The Kier molecular flexibility index (Phi) is 6.13. The number of amides is 1. The molecule has 1 heterocycles. The maximum absolute atomic E-state index is 12.8. The number of nitrogens with zero attached hydrogens (tertiary/aromatic N) is 2. The first-order valence-corrected chi connectivity index (χ1v) is 7.68. The highest BCUT2D eigenvalue weighted by Gasteiger charge is 2.25. The molecule has 0 aliphatic carbocycles. The molecule has 0 aliphatic rings. The first kappa shape index (κ1) is 18.5. The summed E-state index contributed by atoms with van der Waals surface area (Å²) in [7, 11) is 2.81. The van der Waals surface area contributed by atoms with Crippen LogP contribution in [0.3, 0.4) is 0 Å². The van der Waals surface area contributed by atoms with Gasteiger partial charge in [0.05, 0.1) is 45.4 Å². The summed E-state index contributed by atoms with van der Waals surface area (Å²) in [5.74, 6) is -0.237. The third kappa shape index (κ3) is 4.16. The minimum absolute atomic E-state index is 0.0804. The van der Waals surface area contributed by atoms with Gasteiger partial charge in [0.25, 0.3) is 5.91 Å². The first-order valence-electron chi connectivity index (χ1n) is 7.68. The van der Waals surface area contributed by atoms with E-state index in [9.17, 15) is 14.7 Å². The van der Waals surface area contributed by atoms with Crippen LogP contribution in [0.1, 0.15) is 33.5 Å². The minimum atomic E-state index is -0.593. The average molecular weight is 347 g/mol. The van der Waals surface area contributed by atoms with Crippen molar-refractivity contribution in [1.29, 1.82) is 0 Å². The second-order valence-electron chi connectivity index (χ2n) is 5.41. The smallest absolute Gasteiger partial charge is 0.358 e.